The third-order valence-electron chi connectivity index (χ3n) is 6.22. The van der Waals surface area contributed by atoms with Crippen molar-refractivity contribution in [2.45, 2.75) is 57.5 Å². The Kier molecular flexibility index (Phi) is 5.04. The van der Waals surface area contributed by atoms with Crippen molar-refractivity contribution >= 4 is 5.91 Å². The molecule has 2 saturated heterocycles. The number of carbonyl (C=O) groups is 1. The Morgan fingerprint density at radius 2 is 2.00 bits per heavy atom. The maximum Gasteiger partial charge on any atom is 0.254 e. The lowest BCUT2D eigenvalue weighted by Crippen LogP contribution is -2.52. The molecule has 0 spiro atoms. The van der Waals surface area contributed by atoms with E-state index in [0.717, 1.165) is 45.2 Å². The van der Waals surface area contributed by atoms with Crippen LogP contribution in [0, 0.1) is 6.92 Å². The quantitative estimate of drug-likeness (QED) is 0.890. The lowest BCUT2D eigenvalue weighted by Gasteiger charge is -2.40. The number of hydrogen-bond acceptors (Lipinski definition) is 3. The Morgan fingerprint density at radius 3 is 2.70 bits per heavy atom. The van der Waals surface area contributed by atoms with Crippen LogP contribution in [0.5, 0.6) is 0 Å². The maximum absolute atomic E-state index is 13.0. The summed E-state index contributed by atoms with van der Waals surface area (Å²) in [7, 11) is 0. The van der Waals surface area contributed by atoms with Gasteiger partial charge in [-0.1, -0.05) is 24.3 Å². The third kappa shape index (κ3) is 3.53. The predicted molar refractivity (Wildman–Crippen MR) is 106 cm³/mol. The van der Waals surface area contributed by atoms with Crippen LogP contribution in [0.1, 0.15) is 56.2 Å². The standard InChI is InChI=1S/C22H29N3O2/c1-16-7-3-4-8-18(16)19-15-23-24-20(19)17-9-12-25(13-10-17)21(26)22(2)11-5-6-14-27-22/h3-4,7-8,15,17H,5-6,9-14H2,1-2H3,(H,23,24). The van der Waals surface area contributed by atoms with Crippen LogP contribution < -0.4 is 0 Å². The Balaban J connectivity index is 1.46. The van der Waals surface area contributed by atoms with Gasteiger partial charge in [-0.15, -0.1) is 0 Å². The predicted octanol–water partition coefficient (Wildman–Crippen LogP) is 4.05. The van der Waals surface area contributed by atoms with Crippen molar-refractivity contribution in [3.05, 3.63) is 41.7 Å². The normalized spacial score (nSPS) is 24.1. The molecule has 144 valence electrons. The second kappa shape index (κ2) is 7.47. The first kappa shape index (κ1) is 18.2. The van der Waals surface area contributed by atoms with E-state index in [1.807, 2.05) is 18.0 Å². The average Bonchev–Trinajstić information content (AvgIpc) is 3.18. The highest BCUT2D eigenvalue weighted by atomic mass is 16.5. The average molecular weight is 367 g/mol. The van der Waals surface area contributed by atoms with E-state index < -0.39 is 5.60 Å². The van der Waals surface area contributed by atoms with Gasteiger partial charge >= 0.3 is 0 Å². The molecule has 3 heterocycles. The van der Waals surface area contributed by atoms with Crippen LogP contribution in [0.25, 0.3) is 11.1 Å². The minimum absolute atomic E-state index is 0.171. The van der Waals surface area contributed by atoms with Crippen LogP contribution in [-0.4, -0.2) is 46.3 Å². The van der Waals surface area contributed by atoms with Gasteiger partial charge in [0.1, 0.15) is 5.60 Å². The summed E-state index contributed by atoms with van der Waals surface area (Å²) in [4.78, 5) is 15.0. The molecule has 27 heavy (non-hydrogen) atoms. The molecule has 2 aliphatic heterocycles. The maximum atomic E-state index is 13.0. The van der Waals surface area contributed by atoms with Crippen LogP contribution in [0.4, 0.5) is 0 Å². The fraction of sp³-hybridized carbons (Fsp3) is 0.545. The smallest absolute Gasteiger partial charge is 0.254 e. The fourth-order valence-electron chi connectivity index (χ4n) is 4.51. The molecule has 4 rings (SSSR count). The van der Waals surface area contributed by atoms with Crippen molar-refractivity contribution in [2.24, 2.45) is 0 Å². The first-order valence-electron chi connectivity index (χ1n) is 10.1. The molecule has 1 aromatic carbocycles. The fourth-order valence-corrected chi connectivity index (χ4v) is 4.51. The Hall–Kier alpha value is -2.14. The lowest BCUT2D eigenvalue weighted by atomic mass is 9.87. The van der Waals surface area contributed by atoms with Gasteiger partial charge in [0.05, 0.1) is 6.20 Å². The number of rotatable bonds is 3. The number of aromatic nitrogens is 2. The van der Waals surface area contributed by atoms with Gasteiger partial charge < -0.3 is 9.64 Å². The second-order valence-corrected chi connectivity index (χ2v) is 8.12. The Bertz CT molecular complexity index is 799. The number of benzene rings is 1. The van der Waals surface area contributed by atoms with E-state index in [9.17, 15) is 4.79 Å². The summed E-state index contributed by atoms with van der Waals surface area (Å²) in [6.45, 7) is 6.38. The SMILES string of the molecule is Cc1ccccc1-c1cn[nH]c1C1CCN(C(=O)C2(C)CCCCO2)CC1. The van der Waals surface area contributed by atoms with Gasteiger partial charge in [0.2, 0.25) is 0 Å². The monoisotopic (exact) mass is 367 g/mol. The highest BCUT2D eigenvalue weighted by molar-refractivity contribution is 5.85. The molecular formula is C22H29N3O2. The molecule has 2 aliphatic rings. The van der Waals surface area contributed by atoms with Crippen LogP contribution in [-0.2, 0) is 9.53 Å². The third-order valence-corrected chi connectivity index (χ3v) is 6.22. The molecule has 0 bridgehead atoms. The van der Waals surface area contributed by atoms with Crippen molar-refractivity contribution in [3.63, 3.8) is 0 Å². The molecule has 1 atom stereocenters. The van der Waals surface area contributed by atoms with E-state index in [-0.39, 0.29) is 5.91 Å². The largest absolute Gasteiger partial charge is 0.365 e. The number of piperidine rings is 1. The number of hydrogen-bond donors (Lipinski definition) is 1. The summed E-state index contributed by atoms with van der Waals surface area (Å²) in [6, 6.07) is 8.43. The van der Waals surface area contributed by atoms with Gasteiger partial charge in [-0.2, -0.15) is 5.10 Å². The summed E-state index contributed by atoms with van der Waals surface area (Å²) < 4.78 is 5.86. The van der Waals surface area contributed by atoms with Crippen molar-refractivity contribution in [1.82, 2.24) is 15.1 Å². The van der Waals surface area contributed by atoms with Crippen LogP contribution >= 0.6 is 0 Å². The van der Waals surface area contributed by atoms with Crippen molar-refractivity contribution in [2.75, 3.05) is 19.7 Å². The molecule has 1 unspecified atom stereocenters. The molecule has 5 nitrogen and oxygen atoms in total. The molecule has 1 aromatic heterocycles. The van der Waals surface area contributed by atoms with Crippen LogP contribution in [0.15, 0.2) is 30.5 Å². The van der Waals surface area contributed by atoms with Gasteiger partial charge in [-0.25, -0.2) is 0 Å². The van der Waals surface area contributed by atoms with Crippen molar-refractivity contribution in [1.29, 1.82) is 0 Å². The van der Waals surface area contributed by atoms with Gasteiger partial charge in [0.15, 0.2) is 0 Å². The molecule has 0 radical (unpaired) electrons. The van der Waals surface area contributed by atoms with E-state index in [1.54, 1.807) is 0 Å². The summed E-state index contributed by atoms with van der Waals surface area (Å²) >= 11 is 0. The van der Waals surface area contributed by atoms with Crippen molar-refractivity contribution in [3.8, 4) is 11.1 Å². The number of ether oxygens (including phenoxy) is 1. The second-order valence-electron chi connectivity index (χ2n) is 8.12. The lowest BCUT2D eigenvalue weighted by molar-refractivity contribution is -0.163. The molecule has 1 amide bonds. The minimum atomic E-state index is -0.620. The zero-order valence-corrected chi connectivity index (χ0v) is 16.3. The number of H-pyrrole nitrogens is 1. The van der Waals surface area contributed by atoms with E-state index in [1.165, 1.54) is 22.4 Å². The van der Waals surface area contributed by atoms with Crippen LogP contribution in [0.3, 0.4) is 0 Å². The first-order valence-corrected chi connectivity index (χ1v) is 10.1. The summed E-state index contributed by atoms with van der Waals surface area (Å²) in [6.07, 6.45) is 6.83. The van der Waals surface area contributed by atoms with E-state index in [4.69, 9.17) is 4.74 Å². The summed E-state index contributed by atoms with van der Waals surface area (Å²) in [5, 5.41) is 7.57. The highest BCUT2D eigenvalue weighted by Gasteiger charge is 2.40. The van der Waals surface area contributed by atoms with E-state index in [0.29, 0.717) is 12.5 Å². The number of aryl methyl sites for hydroxylation is 1. The molecule has 2 fully saturated rings. The number of nitrogens with zero attached hydrogens (tertiary/aromatic N) is 2. The Morgan fingerprint density at radius 1 is 1.22 bits per heavy atom. The Labute approximate surface area is 161 Å². The highest BCUT2D eigenvalue weighted by Crippen LogP contribution is 2.36. The number of aromatic amines is 1. The summed E-state index contributed by atoms with van der Waals surface area (Å²) in [5.74, 6) is 0.579. The number of carbonyl (C=O) groups excluding carboxylic acids is 1. The topological polar surface area (TPSA) is 58.2 Å². The molecule has 0 saturated carbocycles. The molecule has 2 aromatic rings. The van der Waals surface area contributed by atoms with Gasteiger partial charge in [0.25, 0.3) is 5.91 Å². The van der Waals surface area contributed by atoms with Gasteiger partial charge in [-0.05, 0) is 57.1 Å². The van der Waals surface area contributed by atoms with Crippen LogP contribution in [0.2, 0.25) is 0 Å². The first-order chi connectivity index (χ1) is 13.1. The molecular weight excluding hydrogens is 338 g/mol. The minimum Gasteiger partial charge on any atom is -0.365 e. The van der Waals surface area contributed by atoms with E-state index in [2.05, 4.69) is 41.4 Å². The van der Waals surface area contributed by atoms with E-state index >= 15 is 0 Å². The number of likely N-dealkylation sites (tertiary alicyclic amines) is 1. The number of nitrogens with one attached hydrogen (secondary N) is 1. The van der Waals surface area contributed by atoms with Gasteiger partial charge in [0, 0.05) is 36.9 Å². The molecule has 5 heteroatoms. The zero-order valence-electron chi connectivity index (χ0n) is 16.3. The molecule has 1 N–H and O–H groups in total. The zero-order chi connectivity index (χ0) is 18.9. The number of amides is 1. The molecule has 0 aliphatic carbocycles. The van der Waals surface area contributed by atoms with Gasteiger partial charge in [-0.3, -0.25) is 9.89 Å². The van der Waals surface area contributed by atoms with Crippen molar-refractivity contribution < 1.29 is 9.53 Å². The summed E-state index contributed by atoms with van der Waals surface area (Å²) in [5.41, 5.74) is 4.28.